The zero-order valence-electron chi connectivity index (χ0n) is 16.6. The van der Waals surface area contributed by atoms with Crippen LogP contribution in [0.5, 0.6) is 0 Å². The Balaban J connectivity index is 2.30. The first-order valence-electron chi connectivity index (χ1n) is 9.86. The third-order valence-corrected chi connectivity index (χ3v) is 5.69. The predicted octanol–water partition coefficient (Wildman–Crippen LogP) is 3.07. The lowest BCUT2D eigenvalue weighted by Gasteiger charge is -2.32. The van der Waals surface area contributed by atoms with E-state index in [0.29, 0.717) is 6.54 Å². The lowest BCUT2D eigenvalue weighted by atomic mass is 9.72. The van der Waals surface area contributed by atoms with Crippen molar-refractivity contribution in [1.82, 2.24) is 15.5 Å². The molecule has 0 aromatic heterocycles. The quantitative estimate of drug-likeness (QED) is 0.531. The Morgan fingerprint density at radius 3 is 2.52 bits per heavy atom. The van der Waals surface area contributed by atoms with Gasteiger partial charge in [-0.3, -0.25) is 9.59 Å². The molecule has 0 aromatic carbocycles. The van der Waals surface area contributed by atoms with Crippen molar-refractivity contribution in [2.24, 2.45) is 11.3 Å². The van der Waals surface area contributed by atoms with Crippen LogP contribution in [-0.4, -0.2) is 42.9 Å². The van der Waals surface area contributed by atoms with E-state index in [1.165, 1.54) is 0 Å². The minimum absolute atomic E-state index is 0.0474. The summed E-state index contributed by atoms with van der Waals surface area (Å²) in [4.78, 5) is 26.2. The molecular formula is C20H37N3O2. The number of hydrogen-bond donors (Lipinski definition) is 2. The summed E-state index contributed by atoms with van der Waals surface area (Å²) >= 11 is 0. The third-order valence-electron chi connectivity index (χ3n) is 5.69. The summed E-state index contributed by atoms with van der Waals surface area (Å²) in [5, 5.41) is 6.00. The molecule has 1 atom stereocenters. The first-order chi connectivity index (χ1) is 11.9. The van der Waals surface area contributed by atoms with Crippen molar-refractivity contribution in [1.29, 1.82) is 0 Å². The topological polar surface area (TPSA) is 61.4 Å². The van der Waals surface area contributed by atoms with E-state index in [4.69, 9.17) is 0 Å². The first-order valence-corrected chi connectivity index (χ1v) is 9.86. The number of rotatable bonds is 12. The molecule has 1 saturated heterocycles. The highest BCUT2D eigenvalue weighted by Crippen LogP contribution is 2.43. The molecule has 2 amide bonds. The largest absolute Gasteiger partial charge is 0.355 e. The standard InChI is InChI=1S/C20H37N3O2/c1-6-11-22-18(24)15-21-12-9-10-13-23-16(4)14-17(19(23)25)20(5,7-2)8-3/h17,21H,4,6-15H2,1-3,5H3,(H,22,24). The van der Waals surface area contributed by atoms with Gasteiger partial charge in [-0.1, -0.05) is 34.3 Å². The van der Waals surface area contributed by atoms with Crippen LogP contribution in [0.3, 0.4) is 0 Å². The highest BCUT2D eigenvalue weighted by atomic mass is 16.2. The van der Waals surface area contributed by atoms with Crippen molar-refractivity contribution in [2.75, 3.05) is 26.2 Å². The van der Waals surface area contributed by atoms with Gasteiger partial charge < -0.3 is 15.5 Å². The SMILES string of the molecule is C=C1CC(C(C)(CC)CC)C(=O)N1CCCCNCC(=O)NCCC. The predicted molar refractivity (Wildman–Crippen MR) is 103 cm³/mol. The Labute approximate surface area is 153 Å². The van der Waals surface area contributed by atoms with Crippen molar-refractivity contribution >= 4 is 11.8 Å². The lowest BCUT2D eigenvalue weighted by Crippen LogP contribution is -2.36. The Morgan fingerprint density at radius 2 is 1.92 bits per heavy atom. The van der Waals surface area contributed by atoms with Crippen LogP contribution in [0.25, 0.3) is 0 Å². The molecule has 2 N–H and O–H groups in total. The molecule has 1 unspecified atom stereocenters. The summed E-state index contributed by atoms with van der Waals surface area (Å²) in [5.74, 6) is 0.379. The van der Waals surface area contributed by atoms with Crippen molar-refractivity contribution in [3.8, 4) is 0 Å². The molecule has 0 saturated carbocycles. The molecule has 0 bridgehead atoms. The fourth-order valence-corrected chi connectivity index (χ4v) is 3.38. The van der Waals surface area contributed by atoms with Crippen LogP contribution in [-0.2, 0) is 9.59 Å². The number of amides is 2. The van der Waals surface area contributed by atoms with Crippen LogP contribution < -0.4 is 10.6 Å². The number of hydrogen-bond acceptors (Lipinski definition) is 3. The molecule has 0 spiro atoms. The molecule has 144 valence electrons. The number of carbonyl (C=O) groups excluding carboxylic acids is 2. The number of nitrogens with zero attached hydrogens (tertiary/aromatic N) is 1. The minimum Gasteiger partial charge on any atom is -0.355 e. The van der Waals surface area contributed by atoms with E-state index < -0.39 is 0 Å². The molecule has 1 aliphatic heterocycles. The molecule has 1 aliphatic rings. The molecule has 0 aliphatic carbocycles. The van der Waals surface area contributed by atoms with Crippen LogP contribution >= 0.6 is 0 Å². The van der Waals surface area contributed by atoms with Gasteiger partial charge >= 0.3 is 0 Å². The molecule has 0 radical (unpaired) electrons. The van der Waals surface area contributed by atoms with Crippen LogP contribution in [0, 0.1) is 11.3 Å². The Bertz CT molecular complexity index is 458. The van der Waals surface area contributed by atoms with Crippen molar-refractivity contribution in [3.63, 3.8) is 0 Å². The molecule has 25 heavy (non-hydrogen) atoms. The Hall–Kier alpha value is -1.36. The summed E-state index contributed by atoms with van der Waals surface area (Å²) in [6.07, 6.45) is 5.66. The molecule has 1 fully saturated rings. The molecule has 1 heterocycles. The highest BCUT2D eigenvalue weighted by Gasteiger charge is 2.44. The number of unbranched alkanes of at least 4 members (excludes halogenated alkanes) is 1. The molecule has 0 aromatic rings. The van der Waals surface area contributed by atoms with Gasteiger partial charge in [0.1, 0.15) is 0 Å². The summed E-state index contributed by atoms with van der Waals surface area (Å²) in [6, 6.07) is 0. The van der Waals surface area contributed by atoms with Gasteiger partial charge in [0.25, 0.3) is 0 Å². The van der Waals surface area contributed by atoms with Gasteiger partial charge in [0, 0.05) is 24.7 Å². The van der Waals surface area contributed by atoms with Gasteiger partial charge in [0.2, 0.25) is 11.8 Å². The van der Waals surface area contributed by atoms with Gasteiger partial charge in [-0.25, -0.2) is 0 Å². The lowest BCUT2D eigenvalue weighted by molar-refractivity contribution is -0.133. The first kappa shape index (κ1) is 21.7. The van der Waals surface area contributed by atoms with E-state index in [0.717, 1.165) is 63.9 Å². The molecule has 1 rings (SSSR count). The summed E-state index contributed by atoms with van der Waals surface area (Å²) in [6.45, 7) is 15.3. The number of nitrogens with one attached hydrogen (secondary N) is 2. The van der Waals surface area contributed by atoms with E-state index in [-0.39, 0.29) is 23.1 Å². The molecule has 5 nitrogen and oxygen atoms in total. The zero-order chi connectivity index (χ0) is 18.9. The van der Waals surface area contributed by atoms with Gasteiger partial charge in [0.05, 0.1) is 6.54 Å². The van der Waals surface area contributed by atoms with Gasteiger partial charge in [0.15, 0.2) is 0 Å². The normalized spacial score (nSPS) is 18.1. The van der Waals surface area contributed by atoms with E-state index in [1.54, 1.807) is 0 Å². The van der Waals surface area contributed by atoms with E-state index in [2.05, 4.69) is 38.0 Å². The van der Waals surface area contributed by atoms with Crippen molar-refractivity contribution < 1.29 is 9.59 Å². The van der Waals surface area contributed by atoms with Crippen molar-refractivity contribution in [3.05, 3.63) is 12.3 Å². The maximum absolute atomic E-state index is 12.8. The summed E-state index contributed by atoms with van der Waals surface area (Å²) in [7, 11) is 0. The second-order valence-electron chi connectivity index (χ2n) is 7.41. The highest BCUT2D eigenvalue weighted by molar-refractivity contribution is 5.84. The average molecular weight is 352 g/mol. The summed E-state index contributed by atoms with van der Waals surface area (Å²) in [5.41, 5.74) is 1.04. The van der Waals surface area contributed by atoms with Crippen molar-refractivity contribution in [2.45, 2.75) is 66.2 Å². The fraction of sp³-hybridized carbons (Fsp3) is 0.800. The maximum Gasteiger partial charge on any atom is 0.233 e. The van der Waals surface area contributed by atoms with Gasteiger partial charge in [-0.05, 0) is 50.5 Å². The average Bonchev–Trinajstić information content (AvgIpc) is 2.90. The van der Waals surface area contributed by atoms with Gasteiger partial charge in [-0.2, -0.15) is 0 Å². The third kappa shape index (κ3) is 6.14. The molecular weight excluding hydrogens is 314 g/mol. The smallest absolute Gasteiger partial charge is 0.233 e. The maximum atomic E-state index is 12.8. The fourth-order valence-electron chi connectivity index (χ4n) is 3.38. The van der Waals surface area contributed by atoms with E-state index in [1.807, 2.05) is 11.8 Å². The Kier molecular flexibility index (Phi) is 9.19. The number of allylic oxidation sites excluding steroid dienone is 1. The monoisotopic (exact) mass is 351 g/mol. The van der Waals surface area contributed by atoms with E-state index in [9.17, 15) is 9.59 Å². The van der Waals surface area contributed by atoms with Crippen LogP contribution in [0.1, 0.15) is 66.2 Å². The van der Waals surface area contributed by atoms with Crippen LogP contribution in [0.15, 0.2) is 12.3 Å². The zero-order valence-corrected chi connectivity index (χ0v) is 16.6. The second kappa shape index (κ2) is 10.6. The molecule has 5 heteroatoms. The number of likely N-dealkylation sites (tertiary alicyclic amines) is 1. The Morgan fingerprint density at radius 1 is 1.24 bits per heavy atom. The van der Waals surface area contributed by atoms with Crippen LogP contribution in [0.2, 0.25) is 0 Å². The van der Waals surface area contributed by atoms with Gasteiger partial charge in [-0.15, -0.1) is 0 Å². The van der Waals surface area contributed by atoms with E-state index >= 15 is 0 Å². The minimum atomic E-state index is 0.0474. The van der Waals surface area contributed by atoms with Crippen LogP contribution in [0.4, 0.5) is 0 Å². The number of carbonyl (C=O) groups is 2. The second-order valence-corrected chi connectivity index (χ2v) is 7.41. The summed E-state index contributed by atoms with van der Waals surface area (Å²) < 4.78 is 0.